The second kappa shape index (κ2) is 9.38. The summed E-state index contributed by atoms with van der Waals surface area (Å²) in [6.07, 6.45) is 7.64. The van der Waals surface area contributed by atoms with E-state index in [0.717, 1.165) is 50.9 Å². The van der Waals surface area contributed by atoms with E-state index in [2.05, 4.69) is 6.07 Å². The van der Waals surface area contributed by atoms with Gasteiger partial charge in [0.15, 0.2) is 0 Å². The van der Waals surface area contributed by atoms with Crippen LogP contribution in [0.1, 0.15) is 62.5 Å². The Morgan fingerprint density at radius 2 is 1.60 bits per heavy atom. The van der Waals surface area contributed by atoms with Crippen molar-refractivity contribution in [2.75, 3.05) is 39.9 Å². The fourth-order valence-corrected chi connectivity index (χ4v) is 5.26. The van der Waals surface area contributed by atoms with Crippen LogP contribution < -0.4 is 4.74 Å². The molecule has 0 aromatic heterocycles. The molecule has 0 bridgehead atoms. The van der Waals surface area contributed by atoms with Gasteiger partial charge in [-0.05, 0) is 43.7 Å². The van der Waals surface area contributed by atoms with E-state index in [9.17, 15) is 9.59 Å². The van der Waals surface area contributed by atoms with Crippen LogP contribution in [0.3, 0.4) is 0 Å². The summed E-state index contributed by atoms with van der Waals surface area (Å²) in [7, 11) is 1.71. The first-order chi connectivity index (χ1) is 14.6. The predicted octanol–water partition coefficient (Wildman–Crippen LogP) is 3.27. The van der Waals surface area contributed by atoms with E-state index < -0.39 is 0 Å². The Morgan fingerprint density at radius 1 is 0.967 bits per heavy atom. The van der Waals surface area contributed by atoms with E-state index in [4.69, 9.17) is 9.47 Å². The molecule has 30 heavy (non-hydrogen) atoms. The van der Waals surface area contributed by atoms with Gasteiger partial charge in [0.1, 0.15) is 11.4 Å². The number of likely N-dealkylation sites (tertiary alicyclic amines) is 2. The normalized spacial score (nSPS) is 21.1. The summed E-state index contributed by atoms with van der Waals surface area (Å²) in [4.78, 5) is 29.2. The Morgan fingerprint density at radius 3 is 2.23 bits per heavy atom. The lowest BCUT2D eigenvalue weighted by atomic mass is 9.78. The third-order valence-corrected chi connectivity index (χ3v) is 6.97. The lowest BCUT2D eigenvalue weighted by Crippen LogP contribution is -2.48. The van der Waals surface area contributed by atoms with Gasteiger partial charge in [-0.25, -0.2) is 0 Å². The Labute approximate surface area is 179 Å². The summed E-state index contributed by atoms with van der Waals surface area (Å²) in [6.45, 7) is 3.72. The zero-order valence-corrected chi connectivity index (χ0v) is 18.2. The molecular weight excluding hydrogens is 380 g/mol. The Hall–Kier alpha value is -2.08. The minimum atomic E-state index is -0.362. The van der Waals surface area contributed by atoms with Crippen molar-refractivity contribution in [1.29, 1.82) is 0 Å². The molecule has 0 aliphatic carbocycles. The van der Waals surface area contributed by atoms with Crippen LogP contribution in [0, 0.1) is 0 Å². The second-order valence-corrected chi connectivity index (χ2v) is 8.76. The fraction of sp³-hybridized carbons (Fsp3) is 0.667. The first-order valence-corrected chi connectivity index (χ1v) is 11.5. The topological polar surface area (TPSA) is 59.1 Å². The van der Waals surface area contributed by atoms with E-state index in [1.807, 2.05) is 21.9 Å². The average molecular weight is 415 g/mol. The number of carbonyl (C=O) groups excluding carboxylic acids is 2. The van der Waals surface area contributed by atoms with Gasteiger partial charge in [0.2, 0.25) is 11.8 Å². The van der Waals surface area contributed by atoms with Gasteiger partial charge in [-0.2, -0.15) is 0 Å². The maximum atomic E-state index is 12.8. The van der Waals surface area contributed by atoms with Crippen LogP contribution >= 0.6 is 0 Å². The molecule has 0 radical (unpaired) electrons. The van der Waals surface area contributed by atoms with Crippen molar-refractivity contribution in [3.8, 4) is 5.75 Å². The molecule has 1 spiro atoms. The van der Waals surface area contributed by atoms with Crippen molar-refractivity contribution >= 4 is 11.8 Å². The molecule has 1 aromatic carbocycles. The fourth-order valence-electron chi connectivity index (χ4n) is 5.26. The van der Waals surface area contributed by atoms with E-state index in [1.54, 1.807) is 7.11 Å². The predicted molar refractivity (Wildman–Crippen MR) is 114 cm³/mol. The molecule has 3 aliphatic heterocycles. The van der Waals surface area contributed by atoms with Crippen LogP contribution in [0.5, 0.6) is 5.75 Å². The van der Waals surface area contributed by atoms with Gasteiger partial charge in [-0.3, -0.25) is 9.59 Å². The standard InChI is InChI=1S/C24H34N2O4/c1-29-20-8-6-7-19-11-18-30-24(23(19)20)12-16-26(17-13-24)22(28)10-9-21(27)25-14-4-2-3-5-15-25/h6-8H,2-5,9-18H2,1H3. The number of rotatable bonds is 4. The number of ether oxygens (including phenoxy) is 2. The third kappa shape index (κ3) is 4.34. The van der Waals surface area contributed by atoms with Gasteiger partial charge < -0.3 is 19.3 Å². The van der Waals surface area contributed by atoms with Crippen molar-refractivity contribution in [2.45, 2.75) is 63.4 Å². The number of methoxy groups -OCH3 is 1. The van der Waals surface area contributed by atoms with Crippen LogP contribution in [-0.4, -0.2) is 61.5 Å². The molecule has 2 saturated heterocycles. The first-order valence-electron chi connectivity index (χ1n) is 11.5. The molecule has 164 valence electrons. The number of piperidine rings is 1. The first kappa shape index (κ1) is 21.2. The summed E-state index contributed by atoms with van der Waals surface area (Å²) >= 11 is 0. The number of nitrogens with zero attached hydrogens (tertiary/aromatic N) is 2. The number of benzene rings is 1. The number of hydrogen-bond donors (Lipinski definition) is 0. The van der Waals surface area contributed by atoms with E-state index in [-0.39, 0.29) is 17.4 Å². The summed E-state index contributed by atoms with van der Waals surface area (Å²) in [6, 6.07) is 6.20. The molecule has 0 saturated carbocycles. The summed E-state index contributed by atoms with van der Waals surface area (Å²) in [5, 5.41) is 0. The largest absolute Gasteiger partial charge is 0.496 e. The minimum Gasteiger partial charge on any atom is -0.496 e. The van der Waals surface area contributed by atoms with Crippen molar-refractivity contribution < 1.29 is 19.1 Å². The SMILES string of the molecule is COc1cccc2c1C1(CCN(C(=O)CCC(=O)N3CCCCCC3)CC1)OCC2. The average Bonchev–Trinajstić information content (AvgIpc) is 3.07. The second-order valence-electron chi connectivity index (χ2n) is 8.76. The van der Waals surface area contributed by atoms with Crippen molar-refractivity contribution in [1.82, 2.24) is 9.80 Å². The Bertz CT molecular complexity index is 748. The number of amides is 2. The highest BCUT2D eigenvalue weighted by molar-refractivity contribution is 5.84. The zero-order chi connectivity index (χ0) is 21.0. The van der Waals surface area contributed by atoms with Crippen LogP contribution in [0.2, 0.25) is 0 Å². The summed E-state index contributed by atoms with van der Waals surface area (Å²) < 4.78 is 12.0. The third-order valence-electron chi connectivity index (χ3n) is 6.97. The smallest absolute Gasteiger partial charge is 0.223 e. The van der Waals surface area contributed by atoms with E-state index in [1.165, 1.54) is 24.0 Å². The molecule has 3 heterocycles. The van der Waals surface area contributed by atoms with Crippen LogP contribution in [0.4, 0.5) is 0 Å². The summed E-state index contributed by atoms with van der Waals surface area (Å²) in [5.41, 5.74) is 2.10. The van der Waals surface area contributed by atoms with Gasteiger partial charge in [-0.15, -0.1) is 0 Å². The monoisotopic (exact) mass is 414 g/mol. The highest BCUT2D eigenvalue weighted by Crippen LogP contribution is 2.45. The molecule has 0 N–H and O–H groups in total. The van der Waals surface area contributed by atoms with Crippen molar-refractivity contribution in [3.05, 3.63) is 29.3 Å². The molecule has 2 fully saturated rings. The number of hydrogen-bond acceptors (Lipinski definition) is 4. The Balaban J connectivity index is 1.34. The van der Waals surface area contributed by atoms with Crippen molar-refractivity contribution in [3.63, 3.8) is 0 Å². The van der Waals surface area contributed by atoms with Crippen LogP contribution in [0.15, 0.2) is 18.2 Å². The molecule has 2 amide bonds. The highest BCUT2D eigenvalue weighted by atomic mass is 16.5. The number of carbonyl (C=O) groups is 2. The minimum absolute atomic E-state index is 0.0871. The summed E-state index contributed by atoms with van der Waals surface area (Å²) in [5.74, 6) is 1.10. The molecule has 6 nitrogen and oxygen atoms in total. The van der Waals surface area contributed by atoms with Crippen molar-refractivity contribution in [2.24, 2.45) is 0 Å². The molecule has 0 unspecified atom stereocenters. The maximum absolute atomic E-state index is 12.8. The Kier molecular flexibility index (Phi) is 6.61. The highest BCUT2D eigenvalue weighted by Gasteiger charge is 2.43. The quantitative estimate of drug-likeness (QED) is 0.759. The van der Waals surface area contributed by atoms with Gasteiger partial charge in [0.25, 0.3) is 0 Å². The van der Waals surface area contributed by atoms with Gasteiger partial charge in [0.05, 0.1) is 13.7 Å². The van der Waals surface area contributed by atoms with Gasteiger partial charge in [-0.1, -0.05) is 25.0 Å². The van der Waals surface area contributed by atoms with Crippen LogP contribution in [0.25, 0.3) is 0 Å². The molecule has 4 rings (SSSR count). The molecule has 6 heteroatoms. The number of fused-ring (bicyclic) bond motifs is 2. The van der Waals surface area contributed by atoms with E-state index >= 15 is 0 Å². The lowest BCUT2D eigenvalue weighted by molar-refractivity contribution is -0.143. The molecule has 0 atom stereocenters. The maximum Gasteiger partial charge on any atom is 0.223 e. The van der Waals surface area contributed by atoms with Gasteiger partial charge >= 0.3 is 0 Å². The van der Waals surface area contributed by atoms with Crippen LogP contribution in [-0.2, 0) is 26.3 Å². The van der Waals surface area contributed by atoms with E-state index in [0.29, 0.717) is 32.5 Å². The lowest BCUT2D eigenvalue weighted by Gasteiger charge is -2.45. The zero-order valence-electron chi connectivity index (χ0n) is 18.2. The molecular formula is C24H34N2O4. The molecule has 1 aromatic rings. The van der Waals surface area contributed by atoms with Gasteiger partial charge in [0, 0.05) is 44.6 Å². The molecule has 3 aliphatic rings.